The molecule has 2 aromatic carbocycles. The average Bonchev–Trinajstić information content (AvgIpc) is 3.12. The number of rotatable bonds is 5. The van der Waals surface area contributed by atoms with Crippen molar-refractivity contribution >= 4 is 29.4 Å². The van der Waals surface area contributed by atoms with Crippen molar-refractivity contribution in [2.75, 3.05) is 5.32 Å². The molecule has 1 atom stereocenters. The van der Waals surface area contributed by atoms with Crippen molar-refractivity contribution in [3.05, 3.63) is 59.2 Å². The lowest BCUT2D eigenvalue weighted by Crippen LogP contribution is -2.39. The van der Waals surface area contributed by atoms with Crippen LogP contribution in [0.1, 0.15) is 23.6 Å². The van der Waals surface area contributed by atoms with E-state index in [1.54, 1.807) is 11.6 Å². The van der Waals surface area contributed by atoms with Gasteiger partial charge >= 0.3 is 6.03 Å². The van der Waals surface area contributed by atoms with Gasteiger partial charge in [-0.1, -0.05) is 41.6 Å². The molecule has 0 fully saturated rings. The lowest BCUT2D eigenvalue weighted by Gasteiger charge is -2.13. The molecular formula is C20H22N6O2S. The Morgan fingerprint density at radius 1 is 1.07 bits per heavy atom. The highest BCUT2D eigenvalue weighted by Crippen LogP contribution is 2.23. The minimum atomic E-state index is -0.576. The third-order valence-corrected chi connectivity index (χ3v) is 5.24. The summed E-state index contributed by atoms with van der Waals surface area (Å²) in [6, 6.07) is 12.8. The van der Waals surface area contributed by atoms with Crippen molar-refractivity contribution in [2.45, 2.75) is 38.1 Å². The largest absolute Gasteiger partial charge is 0.325 e. The van der Waals surface area contributed by atoms with Gasteiger partial charge in [0.25, 0.3) is 0 Å². The molecule has 29 heavy (non-hydrogen) atoms. The number of imide groups is 1. The standard InChI is InChI=1S/C20H22N6O2S/c1-12-6-5-7-16(11-12)26-20(23-24-25-26)29-15(4)18(27)22-19(28)21-17-9-8-13(2)10-14(17)3/h5-11,15H,1-4H3,(H2,21,22,27,28). The maximum absolute atomic E-state index is 12.4. The summed E-state index contributed by atoms with van der Waals surface area (Å²) in [6.07, 6.45) is 0. The fourth-order valence-corrected chi connectivity index (χ4v) is 3.51. The van der Waals surface area contributed by atoms with E-state index in [2.05, 4.69) is 26.2 Å². The topological polar surface area (TPSA) is 102 Å². The van der Waals surface area contributed by atoms with Crippen LogP contribution < -0.4 is 10.6 Å². The van der Waals surface area contributed by atoms with Crippen LogP contribution in [-0.4, -0.2) is 37.4 Å². The summed E-state index contributed by atoms with van der Waals surface area (Å²) < 4.78 is 1.57. The third-order valence-electron chi connectivity index (χ3n) is 4.21. The number of nitrogens with zero attached hydrogens (tertiary/aromatic N) is 4. The summed E-state index contributed by atoms with van der Waals surface area (Å²) in [5, 5.41) is 16.7. The number of amides is 3. The Morgan fingerprint density at radius 2 is 1.83 bits per heavy atom. The molecule has 3 aromatic rings. The van der Waals surface area contributed by atoms with E-state index in [1.807, 2.05) is 63.2 Å². The number of hydrogen-bond donors (Lipinski definition) is 2. The van der Waals surface area contributed by atoms with Crippen molar-refractivity contribution < 1.29 is 9.59 Å². The number of carbonyl (C=O) groups excluding carboxylic acids is 2. The molecule has 0 aliphatic carbocycles. The number of aryl methyl sites for hydroxylation is 3. The van der Waals surface area contributed by atoms with Crippen LogP contribution in [0.3, 0.4) is 0 Å². The van der Waals surface area contributed by atoms with Crippen LogP contribution >= 0.6 is 11.8 Å². The molecule has 150 valence electrons. The lowest BCUT2D eigenvalue weighted by atomic mass is 10.1. The highest BCUT2D eigenvalue weighted by Gasteiger charge is 2.21. The van der Waals surface area contributed by atoms with E-state index in [-0.39, 0.29) is 0 Å². The van der Waals surface area contributed by atoms with E-state index >= 15 is 0 Å². The monoisotopic (exact) mass is 410 g/mol. The van der Waals surface area contributed by atoms with Crippen LogP contribution in [-0.2, 0) is 4.79 Å². The predicted molar refractivity (Wildman–Crippen MR) is 112 cm³/mol. The zero-order chi connectivity index (χ0) is 21.0. The molecule has 0 aliphatic rings. The van der Waals surface area contributed by atoms with E-state index in [4.69, 9.17) is 0 Å². The molecule has 0 radical (unpaired) electrons. The molecule has 0 aliphatic heterocycles. The number of carbonyl (C=O) groups is 2. The molecule has 1 unspecified atom stereocenters. The van der Waals surface area contributed by atoms with Gasteiger partial charge in [-0.05, 0) is 67.4 Å². The zero-order valence-electron chi connectivity index (χ0n) is 16.6. The van der Waals surface area contributed by atoms with Gasteiger partial charge in [-0.2, -0.15) is 4.68 Å². The first kappa shape index (κ1) is 20.5. The highest BCUT2D eigenvalue weighted by atomic mass is 32.2. The van der Waals surface area contributed by atoms with Gasteiger partial charge in [0.1, 0.15) is 0 Å². The van der Waals surface area contributed by atoms with E-state index < -0.39 is 17.2 Å². The maximum atomic E-state index is 12.4. The summed E-state index contributed by atoms with van der Waals surface area (Å²) in [5.74, 6) is -0.434. The molecule has 3 amide bonds. The number of nitrogens with one attached hydrogen (secondary N) is 2. The second-order valence-electron chi connectivity index (χ2n) is 6.73. The van der Waals surface area contributed by atoms with Crippen LogP contribution in [0.4, 0.5) is 10.5 Å². The van der Waals surface area contributed by atoms with Crippen LogP contribution in [0.15, 0.2) is 47.6 Å². The Kier molecular flexibility index (Phi) is 6.28. The van der Waals surface area contributed by atoms with Crippen LogP contribution in [0.5, 0.6) is 0 Å². The van der Waals surface area contributed by atoms with Crippen LogP contribution in [0.2, 0.25) is 0 Å². The first-order valence-corrected chi connectivity index (χ1v) is 9.92. The zero-order valence-corrected chi connectivity index (χ0v) is 17.4. The number of hydrogen-bond acceptors (Lipinski definition) is 6. The summed E-state index contributed by atoms with van der Waals surface area (Å²) >= 11 is 1.17. The van der Waals surface area contributed by atoms with Gasteiger partial charge in [0.15, 0.2) is 0 Å². The molecule has 1 heterocycles. The van der Waals surface area contributed by atoms with Crippen LogP contribution in [0, 0.1) is 20.8 Å². The molecular weight excluding hydrogens is 388 g/mol. The van der Waals surface area contributed by atoms with E-state index in [0.717, 1.165) is 22.4 Å². The SMILES string of the molecule is Cc1cccc(-n2nnnc2SC(C)C(=O)NC(=O)Nc2ccc(C)cc2C)c1. The highest BCUT2D eigenvalue weighted by molar-refractivity contribution is 8.00. The van der Waals surface area contributed by atoms with E-state index in [9.17, 15) is 9.59 Å². The predicted octanol–water partition coefficient (Wildman–Crippen LogP) is 3.42. The van der Waals surface area contributed by atoms with Gasteiger partial charge in [0.05, 0.1) is 10.9 Å². The van der Waals surface area contributed by atoms with Crippen molar-refractivity contribution in [3.63, 3.8) is 0 Å². The van der Waals surface area contributed by atoms with E-state index in [0.29, 0.717) is 10.8 Å². The number of benzene rings is 2. The van der Waals surface area contributed by atoms with Gasteiger partial charge < -0.3 is 5.32 Å². The number of anilines is 1. The Bertz CT molecular complexity index is 1050. The van der Waals surface area contributed by atoms with Gasteiger partial charge in [-0.25, -0.2) is 4.79 Å². The summed E-state index contributed by atoms with van der Waals surface area (Å²) in [5.41, 5.74) is 4.55. The Labute approximate surface area is 173 Å². The Hall–Kier alpha value is -3.20. The molecule has 0 saturated heterocycles. The van der Waals surface area contributed by atoms with Gasteiger partial charge in [-0.15, -0.1) is 5.10 Å². The normalized spacial score (nSPS) is 11.7. The Morgan fingerprint density at radius 3 is 2.55 bits per heavy atom. The first-order chi connectivity index (χ1) is 13.8. The number of aromatic nitrogens is 4. The van der Waals surface area contributed by atoms with E-state index in [1.165, 1.54) is 11.8 Å². The minimum Gasteiger partial charge on any atom is -0.307 e. The third kappa shape index (κ3) is 5.20. The number of thioether (sulfide) groups is 1. The number of tetrazole rings is 1. The summed E-state index contributed by atoms with van der Waals surface area (Å²) in [4.78, 5) is 24.6. The van der Waals surface area contributed by atoms with Crippen molar-refractivity contribution in [1.29, 1.82) is 0 Å². The molecule has 0 saturated carbocycles. The van der Waals surface area contributed by atoms with Crippen molar-refractivity contribution in [3.8, 4) is 5.69 Å². The molecule has 0 bridgehead atoms. The Balaban J connectivity index is 1.63. The molecule has 3 rings (SSSR count). The number of urea groups is 1. The maximum Gasteiger partial charge on any atom is 0.325 e. The lowest BCUT2D eigenvalue weighted by molar-refractivity contribution is -0.119. The fraction of sp³-hybridized carbons (Fsp3) is 0.250. The molecule has 8 nitrogen and oxygen atoms in total. The van der Waals surface area contributed by atoms with Crippen molar-refractivity contribution in [1.82, 2.24) is 25.5 Å². The summed E-state index contributed by atoms with van der Waals surface area (Å²) in [6.45, 7) is 7.54. The van der Waals surface area contributed by atoms with Crippen LogP contribution in [0.25, 0.3) is 5.69 Å². The average molecular weight is 411 g/mol. The molecule has 0 spiro atoms. The first-order valence-electron chi connectivity index (χ1n) is 9.04. The molecule has 9 heteroatoms. The second kappa shape index (κ2) is 8.87. The minimum absolute atomic E-state index is 0.434. The van der Waals surface area contributed by atoms with Gasteiger partial charge in [-0.3, -0.25) is 10.1 Å². The fourth-order valence-electron chi connectivity index (χ4n) is 2.71. The van der Waals surface area contributed by atoms with Gasteiger partial charge in [0, 0.05) is 5.69 Å². The van der Waals surface area contributed by atoms with Gasteiger partial charge in [0.2, 0.25) is 11.1 Å². The molecule has 2 N–H and O–H groups in total. The van der Waals surface area contributed by atoms with Crippen molar-refractivity contribution in [2.24, 2.45) is 0 Å². The smallest absolute Gasteiger partial charge is 0.307 e. The quantitative estimate of drug-likeness (QED) is 0.625. The summed E-state index contributed by atoms with van der Waals surface area (Å²) in [7, 11) is 0. The molecule has 1 aromatic heterocycles. The second-order valence-corrected chi connectivity index (χ2v) is 8.04.